The maximum atomic E-state index is 5.91. The minimum absolute atomic E-state index is 0.592. The second-order valence-corrected chi connectivity index (χ2v) is 7.43. The van der Waals surface area contributed by atoms with Gasteiger partial charge in [-0.05, 0) is 59.1 Å². The molecule has 1 aliphatic carbocycles. The van der Waals surface area contributed by atoms with Crippen LogP contribution in [0.2, 0.25) is 5.02 Å². The molecule has 1 saturated carbocycles. The van der Waals surface area contributed by atoms with Crippen molar-refractivity contribution in [2.75, 3.05) is 0 Å². The molecule has 3 rings (SSSR count). The van der Waals surface area contributed by atoms with Crippen LogP contribution in [-0.2, 0) is 13.2 Å². The maximum absolute atomic E-state index is 5.91. The monoisotopic (exact) mass is 371 g/mol. The summed E-state index contributed by atoms with van der Waals surface area (Å²) >= 11 is 11.2. The van der Waals surface area contributed by atoms with Gasteiger partial charge >= 0.3 is 0 Å². The van der Waals surface area contributed by atoms with Gasteiger partial charge in [-0.25, -0.2) is 0 Å². The molecule has 1 aromatic heterocycles. The van der Waals surface area contributed by atoms with Gasteiger partial charge in [0, 0.05) is 27.4 Å². The second-order valence-electron chi connectivity index (χ2n) is 4.89. The zero-order valence-corrected chi connectivity index (χ0v) is 14.0. The van der Waals surface area contributed by atoms with Gasteiger partial charge in [0.15, 0.2) is 0 Å². The number of hydrogen-bond acceptors (Lipinski definition) is 3. The number of nitrogens with one attached hydrogen (secondary N) is 1. The van der Waals surface area contributed by atoms with E-state index < -0.39 is 0 Å². The Morgan fingerprint density at radius 1 is 1.25 bits per heavy atom. The lowest BCUT2D eigenvalue weighted by atomic mass is 10.3. The van der Waals surface area contributed by atoms with Gasteiger partial charge in [0.05, 0.1) is 4.47 Å². The Kier molecular flexibility index (Phi) is 4.66. The topological polar surface area (TPSA) is 21.3 Å². The molecule has 1 N–H and O–H groups in total. The first-order valence-corrected chi connectivity index (χ1v) is 8.58. The summed E-state index contributed by atoms with van der Waals surface area (Å²) in [6.07, 6.45) is 2.65. The van der Waals surface area contributed by atoms with Crippen molar-refractivity contribution in [1.29, 1.82) is 0 Å². The number of thiophene rings is 1. The summed E-state index contributed by atoms with van der Waals surface area (Å²) in [6, 6.07) is 10.6. The van der Waals surface area contributed by atoms with Crippen molar-refractivity contribution in [3.63, 3.8) is 0 Å². The first kappa shape index (κ1) is 14.4. The van der Waals surface area contributed by atoms with Gasteiger partial charge < -0.3 is 10.1 Å². The van der Waals surface area contributed by atoms with Crippen molar-refractivity contribution in [2.45, 2.75) is 32.0 Å². The molecule has 0 aliphatic heterocycles. The number of rotatable bonds is 6. The van der Waals surface area contributed by atoms with Gasteiger partial charge in [-0.1, -0.05) is 11.6 Å². The van der Waals surface area contributed by atoms with E-state index in [1.165, 1.54) is 22.6 Å². The van der Waals surface area contributed by atoms with Crippen LogP contribution in [0.4, 0.5) is 0 Å². The minimum atomic E-state index is 0.592. The molecule has 0 radical (unpaired) electrons. The molecule has 1 aliphatic rings. The molecule has 0 saturated heterocycles. The lowest BCUT2D eigenvalue weighted by Crippen LogP contribution is -2.14. The number of hydrogen-bond donors (Lipinski definition) is 1. The van der Waals surface area contributed by atoms with Crippen molar-refractivity contribution >= 4 is 38.9 Å². The molecule has 106 valence electrons. The number of ether oxygens (including phenoxy) is 1. The van der Waals surface area contributed by atoms with Gasteiger partial charge in [-0.15, -0.1) is 11.3 Å². The lowest BCUT2D eigenvalue weighted by Gasteiger charge is -2.07. The molecule has 0 atom stereocenters. The van der Waals surface area contributed by atoms with Crippen LogP contribution in [0.1, 0.15) is 22.6 Å². The molecule has 0 amide bonds. The Labute approximate surface area is 136 Å². The van der Waals surface area contributed by atoms with E-state index in [1.54, 1.807) is 11.3 Å². The Morgan fingerprint density at radius 3 is 2.80 bits per heavy atom. The summed E-state index contributed by atoms with van der Waals surface area (Å²) in [4.78, 5) is 2.60. The molecular formula is C15H15BrClNOS. The number of halogens is 2. The lowest BCUT2D eigenvalue weighted by molar-refractivity contribution is 0.308. The van der Waals surface area contributed by atoms with Crippen molar-refractivity contribution in [2.24, 2.45) is 0 Å². The second kappa shape index (κ2) is 6.48. The summed E-state index contributed by atoms with van der Waals surface area (Å²) in [5.74, 6) is 0.820. The molecule has 5 heteroatoms. The van der Waals surface area contributed by atoms with Crippen LogP contribution in [-0.4, -0.2) is 6.04 Å². The summed E-state index contributed by atoms with van der Waals surface area (Å²) in [5.41, 5.74) is 0. The third-order valence-corrected chi connectivity index (χ3v) is 5.04. The quantitative estimate of drug-likeness (QED) is 0.771. The van der Waals surface area contributed by atoms with E-state index in [0.29, 0.717) is 11.6 Å². The van der Waals surface area contributed by atoms with Crippen LogP contribution in [0, 0.1) is 0 Å². The fourth-order valence-electron chi connectivity index (χ4n) is 1.87. The molecule has 1 aromatic carbocycles. The number of benzene rings is 1. The summed E-state index contributed by atoms with van der Waals surface area (Å²) in [6.45, 7) is 1.56. The van der Waals surface area contributed by atoms with E-state index >= 15 is 0 Å². The van der Waals surface area contributed by atoms with Crippen LogP contribution in [0.25, 0.3) is 0 Å². The highest BCUT2D eigenvalue weighted by molar-refractivity contribution is 9.10. The standard InChI is InChI=1S/C15H15BrClNOS/c16-14-7-10(17)1-6-15(14)19-9-13-5-4-12(20-13)8-18-11-2-3-11/h1,4-7,11,18H,2-3,8-9H2. The summed E-state index contributed by atoms with van der Waals surface area (Å²) in [7, 11) is 0. The summed E-state index contributed by atoms with van der Waals surface area (Å²) < 4.78 is 6.70. The minimum Gasteiger partial charge on any atom is -0.487 e. The van der Waals surface area contributed by atoms with E-state index in [0.717, 1.165) is 22.8 Å². The SMILES string of the molecule is Clc1ccc(OCc2ccc(CNC3CC3)s2)c(Br)c1. The van der Waals surface area contributed by atoms with Crippen LogP contribution >= 0.6 is 38.9 Å². The van der Waals surface area contributed by atoms with E-state index in [1.807, 2.05) is 18.2 Å². The van der Waals surface area contributed by atoms with Crippen LogP contribution in [0.5, 0.6) is 5.75 Å². The van der Waals surface area contributed by atoms with Crippen LogP contribution in [0.3, 0.4) is 0 Å². The Bertz CT molecular complexity index is 597. The first-order valence-electron chi connectivity index (χ1n) is 6.59. The normalized spacial score (nSPS) is 14.5. The molecular weight excluding hydrogens is 358 g/mol. The van der Waals surface area contributed by atoms with Gasteiger partial charge in [-0.3, -0.25) is 0 Å². The van der Waals surface area contributed by atoms with Crippen LogP contribution in [0.15, 0.2) is 34.8 Å². The fraction of sp³-hybridized carbons (Fsp3) is 0.333. The van der Waals surface area contributed by atoms with Crippen molar-refractivity contribution in [3.8, 4) is 5.75 Å². The molecule has 0 bridgehead atoms. The van der Waals surface area contributed by atoms with E-state index in [9.17, 15) is 0 Å². The fourth-order valence-corrected chi connectivity index (χ4v) is 3.55. The van der Waals surface area contributed by atoms with Crippen LogP contribution < -0.4 is 10.1 Å². The highest BCUT2D eigenvalue weighted by Gasteiger charge is 2.20. The molecule has 20 heavy (non-hydrogen) atoms. The van der Waals surface area contributed by atoms with Crippen molar-refractivity contribution in [1.82, 2.24) is 5.32 Å². The maximum Gasteiger partial charge on any atom is 0.134 e. The predicted octanol–water partition coefficient (Wildman–Crippen LogP) is 5.00. The average molecular weight is 373 g/mol. The highest BCUT2D eigenvalue weighted by atomic mass is 79.9. The first-order chi connectivity index (χ1) is 9.70. The average Bonchev–Trinajstić information content (AvgIpc) is 3.14. The third kappa shape index (κ3) is 3.98. The van der Waals surface area contributed by atoms with E-state index in [-0.39, 0.29) is 0 Å². The molecule has 1 fully saturated rings. The predicted molar refractivity (Wildman–Crippen MR) is 87.7 cm³/mol. The zero-order chi connectivity index (χ0) is 13.9. The Balaban J connectivity index is 1.54. The van der Waals surface area contributed by atoms with E-state index in [2.05, 4.69) is 33.4 Å². The Morgan fingerprint density at radius 2 is 2.05 bits per heavy atom. The van der Waals surface area contributed by atoms with Gasteiger partial charge in [0.2, 0.25) is 0 Å². The van der Waals surface area contributed by atoms with Crippen molar-refractivity contribution in [3.05, 3.63) is 49.6 Å². The zero-order valence-electron chi connectivity index (χ0n) is 10.9. The summed E-state index contributed by atoms with van der Waals surface area (Å²) in [5, 5.41) is 4.23. The smallest absolute Gasteiger partial charge is 0.134 e. The molecule has 0 spiro atoms. The van der Waals surface area contributed by atoms with Gasteiger partial charge in [0.1, 0.15) is 12.4 Å². The molecule has 2 nitrogen and oxygen atoms in total. The highest BCUT2D eigenvalue weighted by Crippen LogP contribution is 2.29. The van der Waals surface area contributed by atoms with E-state index in [4.69, 9.17) is 16.3 Å². The van der Waals surface area contributed by atoms with Crippen molar-refractivity contribution < 1.29 is 4.74 Å². The Hall–Kier alpha value is -0.550. The molecule has 0 unspecified atom stereocenters. The molecule has 2 aromatic rings. The third-order valence-electron chi connectivity index (χ3n) is 3.12. The largest absolute Gasteiger partial charge is 0.487 e. The van der Waals surface area contributed by atoms with Gasteiger partial charge in [0.25, 0.3) is 0 Å². The molecule has 1 heterocycles. The van der Waals surface area contributed by atoms with Gasteiger partial charge in [-0.2, -0.15) is 0 Å².